The lowest BCUT2D eigenvalue weighted by Crippen LogP contribution is -2.43. The summed E-state index contributed by atoms with van der Waals surface area (Å²) in [5.74, 6) is 0.861. The summed E-state index contributed by atoms with van der Waals surface area (Å²) in [6.45, 7) is 4.29. The molecule has 2 fully saturated rings. The molecule has 160 valence electrons. The molecule has 5 heteroatoms. The lowest BCUT2D eigenvalue weighted by atomic mass is 10.1. The van der Waals surface area contributed by atoms with Crippen LogP contribution in [0.3, 0.4) is 0 Å². The van der Waals surface area contributed by atoms with E-state index in [0.717, 1.165) is 35.7 Å². The first-order valence-corrected chi connectivity index (χ1v) is 11.4. The molecule has 3 atom stereocenters. The normalized spacial score (nSPS) is 20.6. The van der Waals surface area contributed by atoms with Crippen molar-refractivity contribution >= 4 is 22.4 Å². The van der Waals surface area contributed by atoms with Gasteiger partial charge in [-0.1, -0.05) is 48.5 Å². The number of nitrogens with zero attached hydrogens (tertiary/aromatic N) is 3. The lowest BCUT2D eigenvalue weighted by Gasteiger charge is -2.31. The number of rotatable bonds is 5. The Balaban J connectivity index is 1.36. The van der Waals surface area contributed by atoms with Gasteiger partial charge in [-0.25, -0.2) is 9.97 Å². The van der Waals surface area contributed by atoms with E-state index in [-0.39, 0.29) is 6.04 Å². The number of nitrogens with one attached hydrogen (secondary N) is 2. The van der Waals surface area contributed by atoms with Gasteiger partial charge in [-0.3, -0.25) is 0 Å². The average molecular weight is 422 g/mol. The minimum Gasteiger partial charge on any atom is -0.365 e. The second kappa shape index (κ2) is 7.92. The largest absolute Gasteiger partial charge is 0.365 e. The fourth-order valence-corrected chi connectivity index (χ4v) is 5.11. The van der Waals surface area contributed by atoms with Gasteiger partial charge < -0.3 is 15.5 Å². The van der Waals surface area contributed by atoms with Crippen LogP contribution >= 0.6 is 0 Å². The number of pyridine rings is 2. The van der Waals surface area contributed by atoms with Crippen LogP contribution in [0.4, 0.5) is 11.5 Å². The lowest BCUT2D eigenvalue weighted by molar-refractivity contribution is 0.581. The summed E-state index contributed by atoms with van der Waals surface area (Å²) in [5, 5.41) is 8.39. The van der Waals surface area contributed by atoms with Crippen molar-refractivity contribution in [3.63, 3.8) is 0 Å². The van der Waals surface area contributed by atoms with Crippen LogP contribution in [0.5, 0.6) is 0 Å². The molecule has 4 heterocycles. The molecule has 0 radical (unpaired) electrons. The molecule has 2 saturated heterocycles. The Morgan fingerprint density at radius 3 is 2.69 bits per heavy atom. The van der Waals surface area contributed by atoms with Crippen LogP contribution < -0.4 is 15.5 Å². The Morgan fingerprint density at radius 1 is 1.03 bits per heavy atom. The fourth-order valence-electron chi connectivity index (χ4n) is 5.11. The third-order valence-electron chi connectivity index (χ3n) is 6.78. The van der Waals surface area contributed by atoms with Crippen molar-refractivity contribution in [1.82, 2.24) is 15.3 Å². The van der Waals surface area contributed by atoms with E-state index in [0.29, 0.717) is 12.1 Å². The highest BCUT2D eigenvalue weighted by molar-refractivity contribution is 5.94. The number of hydrogen-bond donors (Lipinski definition) is 2. The van der Waals surface area contributed by atoms with Gasteiger partial charge in [0.2, 0.25) is 0 Å². The molecule has 2 aliphatic heterocycles. The summed E-state index contributed by atoms with van der Waals surface area (Å²) in [4.78, 5) is 12.2. The summed E-state index contributed by atoms with van der Waals surface area (Å²) in [6, 6.07) is 26.7. The van der Waals surface area contributed by atoms with Crippen LogP contribution in [0, 0.1) is 0 Å². The Bertz CT molecular complexity index is 1260. The summed E-state index contributed by atoms with van der Waals surface area (Å²) in [6.07, 6.45) is 3.10. The molecule has 0 saturated carbocycles. The highest BCUT2D eigenvalue weighted by Gasteiger charge is 2.38. The van der Waals surface area contributed by atoms with Gasteiger partial charge in [0.25, 0.3) is 0 Å². The second-order valence-electron chi connectivity index (χ2n) is 8.90. The van der Waals surface area contributed by atoms with Gasteiger partial charge in [0, 0.05) is 54.0 Å². The predicted octanol–water partition coefficient (Wildman–Crippen LogP) is 5.02. The number of piperazine rings is 1. The molecule has 2 aromatic heterocycles. The smallest absolute Gasteiger partial charge is 0.127 e. The molecule has 2 bridgehead atoms. The van der Waals surface area contributed by atoms with Crippen LogP contribution in [-0.2, 0) is 0 Å². The second-order valence-corrected chi connectivity index (χ2v) is 8.90. The van der Waals surface area contributed by atoms with Crippen molar-refractivity contribution in [2.75, 3.05) is 23.3 Å². The van der Waals surface area contributed by atoms with Crippen LogP contribution in [0.2, 0.25) is 0 Å². The third-order valence-corrected chi connectivity index (χ3v) is 6.78. The van der Waals surface area contributed by atoms with E-state index in [4.69, 9.17) is 4.98 Å². The number of benzene rings is 2. The zero-order valence-electron chi connectivity index (χ0n) is 18.2. The quantitative estimate of drug-likeness (QED) is 0.474. The third kappa shape index (κ3) is 3.49. The molecular formula is C27H27N5. The van der Waals surface area contributed by atoms with E-state index in [1.165, 1.54) is 23.1 Å². The molecule has 2 aliphatic rings. The van der Waals surface area contributed by atoms with Crippen molar-refractivity contribution in [2.24, 2.45) is 0 Å². The molecule has 2 aromatic carbocycles. The van der Waals surface area contributed by atoms with E-state index >= 15 is 0 Å². The first-order chi connectivity index (χ1) is 15.7. The van der Waals surface area contributed by atoms with Crippen LogP contribution in [-0.4, -0.2) is 35.1 Å². The summed E-state index contributed by atoms with van der Waals surface area (Å²) in [7, 11) is 0. The molecule has 1 unspecified atom stereocenters. The Kier molecular flexibility index (Phi) is 4.76. The van der Waals surface area contributed by atoms with E-state index in [9.17, 15) is 0 Å². The first-order valence-electron chi connectivity index (χ1n) is 11.4. The molecule has 6 rings (SSSR count). The van der Waals surface area contributed by atoms with Crippen LogP contribution in [0.1, 0.15) is 24.9 Å². The molecule has 32 heavy (non-hydrogen) atoms. The van der Waals surface area contributed by atoms with Gasteiger partial charge in [0.05, 0.1) is 11.2 Å². The van der Waals surface area contributed by atoms with E-state index in [1.54, 1.807) is 0 Å². The predicted molar refractivity (Wildman–Crippen MR) is 131 cm³/mol. The molecule has 5 nitrogen and oxygen atoms in total. The topological polar surface area (TPSA) is 53.1 Å². The molecular weight excluding hydrogens is 394 g/mol. The van der Waals surface area contributed by atoms with Gasteiger partial charge in [-0.05, 0) is 43.2 Å². The van der Waals surface area contributed by atoms with Gasteiger partial charge >= 0.3 is 0 Å². The fraction of sp³-hybridized carbons (Fsp3) is 0.259. The van der Waals surface area contributed by atoms with E-state index < -0.39 is 0 Å². The number of anilines is 2. The van der Waals surface area contributed by atoms with Crippen molar-refractivity contribution in [2.45, 2.75) is 31.5 Å². The van der Waals surface area contributed by atoms with Gasteiger partial charge in [0.1, 0.15) is 5.82 Å². The Labute approximate surface area is 188 Å². The van der Waals surface area contributed by atoms with Crippen molar-refractivity contribution in [3.8, 4) is 11.3 Å². The highest BCUT2D eigenvalue weighted by Crippen LogP contribution is 2.37. The number of para-hydroxylation sites is 1. The number of fused-ring (bicyclic) bond motifs is 3. The number of hydrogen-bond acceptors (Lipinski definition) is 5. The highest BCUT2D eigenvalue weighted by atomic mass is 15.3. The molecule has 4 aromatic rings. The van der Waals surface area contributed by atoms with Gasteiger partial charge in [0.15, 0.2) is 0 Å². The maximum atomic E-state index is 5.02. The molecule has 0 aliphatic carbocycles. The molecule has 2 N–H and O–H groups in total. The Morgan fingerprint density at radius 2 is 1.88 bits per heavy atom. The minimum absolute atomic E-state index is 0.173. The maximum absolute atomic E-state index is 5.02. The standard InChI is InChI=1S/C27H27N5/c1-18(19-7-3-2-4-8-19)30-27-13-20(11-12-28-27)25-15-26(23-9-5-6-10-24(23)31-25)32-17-21-14-22(32)16-29-21/h2-13,15,18,21-22,29H,14,16-17H2,1H3,(H,28,30)/t18?,21-,22-/m0/s1. The number of aromatic nitrogens is 2. The minimum atomic E-state index is 0.173. The zero-order chi connectivity index (χ0) is 21.5. The molecule has 0 amide bonds. The Hall–Kier alpha value is -3.44. The van der Waals surface area contributed by atoms with Crippen molar-refractivity contribution in [3.05, 3.63) is 84.6 Å². The SMILES string of the molecule is CC(Nc1cc(-c2cc(N3C[C@@H]4C[C@H]3CN4)c3ccccc3n2)ccn1)c1ccccc1. The van der Waals surface area contributed by atoms with E-state index in [2.05, 4.69) is 94.2 Å². The van der Waals surface area contributed by atoms with Crippen molar-refractivity contribution in [1.29, 1.82) is 0 Å². The van der Waals surface area contributed by atoms with Crippen LogP contribution in [0.25, 0.3) is 22.2 Å². The van der Waals surface area contributed by atoms with Gasteiger partial charge in [-0.15, -0.1) is 0 Å². The van der Waals surface area contributed by atoms with Crippen molar-refractivity contribution < 1.29 is 0 Å². The summed E-state index contributed by atoms with van der Waals surface area (Å²) >= 11 is 0. The van der Waals surface area contributed by atoms with Gasteiger partial charge in [-0.2, -0.15) is 0 Å². The van der Waals surface area contributed by atoms with Crippen LogP contribution in [0.15, 0.2) is 79.0 Å². The summed E-state index contributed by atoms with van der Waals surface area (Å²) < 4.78 is 0. The zero-order valence-corrected chi connectivity index (χ0v) is 18.2. The summed E-state index contributed by atoms with van der Waals surface area (Å²) in [5.41, 5.74) is 5.65. The average Bonchev–Trinajstić information content (AvgIpc) is 3.48. The maximum Gasteiger partial charge on any atom is 0.127 e. The van der Waals surface area contributed by atoms with E-state index in [1.807, 2.05) is 12.3 Å². The monoisotopic (exact) mass is 421 g/mol. The molecule has 0 spiro atoms. The first kappa shape index (κ1) is 19.3.